The number of hydrogen-bond donors (Lipinski definition) is 1. The van der Waals surface area contributed by atoms with E-state index in [2.05, 4.69) is 0 Å². The van der Waals surface area contributed by atoms with Gasteiger partial charge in [-0.25, -0.2) is 8.42 Å². The van der Waals surface area contributed by atoms with E-state index in [1.165, 1.54) is 11.4 Å². The molecule has 0 spiro atoms. The van der Waals surface area contributed by atoms with Crippen LogP contribution in [0.2, 0.25) is 0 Å². The largest absolute Gasteiger partial charge is 0.497 e. The Balaban J connectivity index is 2.28. The Kier molecular flexibility index (Phi) is 5.24. The van der Waals surface area contributed by atoms with Gasteiger partial charge in [-0.2, -0.15) is 4.31 Å². The number of benzene rings is 1. The van der Waals surface area contributed by atoms with Crippen molar-refractivity contribution in [2.45, 2.75) is 36.6 Å². The van der Waals surface area contributed by atoms with Gasteiger partial charge in [0.05, 0.1) is 12.0 Å². The van der Waals surface area contributed by atoms with Crippen molar-refractivity contribution in [1.82, 2.24) is 4.31 Å². The van der Waals surface area contributed by atoms with Gasteiger partial charge in [-0.1, -0.05) is 18.9 Å². The molecule has 1 aliphatic carbocycles. The molecule has 0 amide bonds. The number of sulfonamides is 1. The van der Waals surface area contributed by atoms with E-state index in [-0.39, 0.29) is 16.9 Å². The molecule has 118 valence electrons. The van der Waals surface area contributed by atoms with Gasteiger partial charge in [0.2, 0.25) is 10.0 Å². The lowest BCUT2D eigenvalue weighted by atomic mass is 9.85. The summed E-state index contributed by atoms with van der Waals surface area (Å²) in [4.78, 5) is 0.269. The molecule has 2 unspecified atom stereocenters. The molecular weight excluding hydrogens is 288 g/mol. The van der Waals surface area contributed by atoms with E-state index in [9.17, 15) is 8.42 Å². The Bertz CT molecular complexity index is 574. The lowest BCUT2D eigenvalue weighted by molar-refractivity contribution is 0.204. The maximum Gasteiger partial charge on any atom is 0.243 e. The zero-order chi connectivity index (χ0) is 15.5. The monoisotopic (exact) mass is 312 g/mol. The smallest absolute Gasteiger partial charge is 0.243 e. The fourth-order valence-corrected chi connectivity index (χ4v) is 4.53. The van der Waals surface area contributed by atoms with Crippen molar-refractivity contribution >= 4 is 10.0 Å². The fraction of sp³-hybridized carbons (Fsp3) is 0.600. The number of methoxy groups -OCH3 is 1. The quantitative estimate of drug-likeness (QED) is 0.900. The summed E-state index contributed by atoms with van der Waals surface area (Å²) in [7, 11) is -0.327. The molecule has 0 aliphatic heterocycles. The molecule has 1 aromatic carbocycles. The fourth-order valence-electron chi connectivity index (χ4n) is 3.05. The first-order chi connectivity index (χ1) is 10.0. The Labute approximate surface area is 127 Å². The predicted molar refractivity (Wildman–Crippen MR) is 82.7 cm³/mol. The number of ether oxygens (including phenoxy) is 1. The molecule has 2 rings (SSSR count). The first-order valence-corrected chi connectivity index (χ1v) is 8.77. The summed E-state index contributed by atoms with van der Waals surface area (Å²) in [5, 5.41) is 0. The third-order valence-electron chi connectivity index (χ3n) is 4.36. The molecule has 0 radical (unpaired) electrons. The molecule has 2 N–H and O–H groups in total. The second-order valence-electron chi connectivity index (χ2n) is 5.55. The normalized spacial score (nSPS) is 23.2. The Hall–Kier alpha value is -1.11. The van der Waals surface area contributed by atoms with Crippen molar-refractivity contribution in [1.29, 1.82) is 0 Å². The molecule has 1 fully saturated rings. The Morgan fingerprint density at radius 2 is 2.05 bits per heavy atom. The van der Waals surface area contributed by atoms with Crippen LogP contribution in [0.5, 0.6) is 5.75 Å². The third kappa shape index (κ3) is 3.39. The van der Waals surface area contributed by atoms with Gasteiger partial charge in [0.25, 0.3) is 0 Å². The van der Waals surface area contributed by atoms with Crippen LogP contribution >= 0.6 is 0 Å². The third-order valence-corrected chi connectivity index (χ3v) is 6.24. The van der Waals surface area contributed by atoms with Gasteiger partial charge in [0.15, 0.2) is 0 Å². The molecule has 2 atom stereocenters. The van der Waals surface area contributed by atoms with E-state index in [4.69, 9.17) is 10.5 Å². The van der Waals surface area contributed by atoms with E-state index in [0.717, 1.165) is 25.7 Å². The van der Waals surface area contributed by atoms with Gasteiger partial charge in [0, 0.05) is 19.2 Å². The van der Waals surface area contributed by atoms with Gasteiger partial charge in [-0.3, -0.25) is 0 Å². The van der Waals surface area contributed by atoms with E-state index in [1.54, 1.807) is 31.3 Å². The Morgan fingerprint density at radius 1 is 1.33 bits per heavy atom. The molecule has 0 saturated heterocycles. The predicted octanol–water partition coefficient (Wildman–Crippen LogP) is 1.83. The van der Waals surface area contributed by atoms with Crippen LogP contribution in [0.15, 0.2) is 29.2 Å². The SMILES string of the molecule is COc1cccc(S(=O)(=O)N(C)C2CCCCC2CN)c1. The van der Waals surface area contributed by atoms with Crippen LogP contribution in [-0.2, 0) is 10.0 Å². The first kappa shape index (κ1) is 16.3. The molecule has 5 nitrogen and oxygen atoms in total. The van der Waals surface area contributed by atoms with Crippen LogP contribution in [-0.4, -0.2) is 39.5 Å². The Morgan fingerprint density at radius 3 is 2.71 bits per heavy atom. The van der Waals surface area contributed by atoms with Gasteiger partial charge >= 0.3 is 0 Å². The summed E-state index contributed by atoms with van der Waals surface area (Å²) in [6.07, 6.45) is 4.06. The van der Waals surface area contributed by atoms with Crippen molar-refractivity contribution in [2.75, 3.05) is 20.7 Å². The summed E-state index contributed by atoms with van der Waals surface area (Å²) in [5.41, 5.74) is 5.82. The zero-order valence-electron chi connectivity index (χ0n) is 12.7. The lowest BCUT2D eigenvalue weighted by Gasteiger charge is -2.36. The van der Waals surface area contributed by atoms with Gasteiger partial charge in [0.1, 0.15) is 5.75 Å². The van der Waals surface area contributed by atoms with Crippen molar-refractivity contribution in [2.24, 2.45) is 11.7 Å². The zero-order valence-corrected chi connectivity index (χ0v) is 13.5. The van der Waals surface area contributed by atoms with Crippen molar-refractivity contribution in [3.05, 3.63) is 24.3 Å². The highest BCUT2D eigenvalue weighted by Gasteiger charge is 2.34. The van der Waals surface area contributed by atoms with Crippen molar-refractivity contribution in [3.8, 4) is 5.75 Å². The molecule has 0 aromatic heterocycles. The second-order valence-corrected chi connectivity index (χ2v) is 7.55. The summed E-state index contributed by atoms with van der Waals surface area (Å²) >= 11 is 0. The topological polar surface area (TPSA) is 72.6 Å². The van der Waals surface area contributed by atoms with Crippen LogP contribution in [0.4, 0.5) is 0 Å². The molecule has 21 heavy (non-hydrogen) atoms. The average Bonchev–Trinajstić information content (AvgIpc) is 2.54. The molecule has 0 heterocycles. The van der Waals surface area contributed by atoms with E-state index < -0.39 is 10.0 Å². The maximum absolute atomic E-state index is 12.8. The van der Waals surface area contributed by atoms with E-state index in [1.807, 2.05) is 0 Å². The van der Waals surface area contributed by atoms with Crippen LogP contribution in [0.25, 0.3) is 0 Å². The van der Waals surface area contributed by atoms with E-state index >= 15 is 0 Å². The minimum Gasteiger partial charge on any atom is -0.497 e. The summed E-state index contributed by atoms with van der Waals surface area (Å²) < 4.78 is 32.2. The first-order valence-electron chi connectivity index (χ1n) is 7.33. The summed E-state index contributed by atoms with van der Waals surface area (Å²) in [6.45, 7) is 0.530. The second kappa shape index (κ2) is 6.77. The van der Waals surface area contributed by atoms with Crippen molar-refractivity contribution in [3.63, 3.8) is 0 Å². The average molecular weight is 312 g/mol. The standard InChI is InChI=1S/C15H24N2O3S/c1-17(15-9-4-3-6-12(15)11-16)21(18,19)14-8-5-7-13(10-14)20-2/h5,7-8,10,12,15H,3-4,6,9,11,16H2,1-2H3. The van der Waals surface area contributed by atoms with E-state index in [0.29, 0.717) is 12.3 Å². The molecular formula is C15H24N2O3S. The number of nitrogens with zero attached hydrogens (tertiary/aromatic N) is 1. The lowest BCUT2D eigenvalue weighted by Crippen LogP contribution is -2.45. The van der Waals surface area contributed by atoms with Crippen molar-refractivity contribution < 1.29 is 13.2 Å². The number of nitrogens with two attached hydrogens (primary N) is 1. The van der Waals surface area contributed by atoms with Gasteiger partial charge in [-0.05, 0) is 37.4 Å². The molecule has 0 bridgehead atoms. The molecule has 1 saturated carbocycles. The number of hydrogen-bond acceptors (Lipinski definition) is 4. The van der Waals surface area contributed by atoms with Crippen LogP contribution in [0.3, 0.4) is 0 Å². The summed E-state index contributed by atoms with van der Waals surface area (Å²) in [5.74, 6) is 0.785. The minimum atomic E-state index is -3.52. The minimum absolute atomic E-state index is 0.0139. The van der Waals surface area contributed by atoms with Crippen LogP contribution < -0.4 is 10.5 Å². The highest BCUT2D eigenvalue weighted by Crippen LogP contribution is 2.31. The van der Waals surface area contributed by atoms with Crippen LogP contribution in [0.1, 0.15) is 25.7 Å². The highest BCUT2D eigenvalue weighted by atomic mass is 32.2. The number of rotatable bonds is 5. The van der Waals surface area contributed by atoms with Gasteiger partial charge < -0.3 is 10.5 Å². The summed E-state index contributed by atoms with van der Waals surface area (Å²) in [6, 6.07) is 6.59. The molecule has 1 aliphatic rings. The molecule has 1 aromatic rings. The maximum atomic E-state index is 12.8. The highest BCUT2D eigenvalue weighted by molar-refractivity contribution is 7.89. The van der Waals surface area contributed by atoms with Gasteiger partial charge in [-0.15, -0.1) is 0 Å². The van der Waals surface area contributed by atoms with Crippen LogP contribution in [0, 0.1) is 5.92 Å². The molecule has 6 heteroatoms.